The molecule has 2 unspecified atom stereocenters. The van der Waals surface area contributed by atoms with E-state index in [4.69, 9.17) is 15.2 Å². The molecular formula is C17H26BrNO2. The molecule has 0 amide bonds. The van der Waals surface area contributed by atoms with Crippen LogP contribution in [0.2, 0.25) is 0 Å². The zero-order chi connectivity index (χ0) is 15.1. The Kier molecular flexibility index (Phi) is 7.00. The molecule has 1 heterocycles. The molecule has 0 aliphatic carbocycles. The van der Waals surface area contributed by atoms with Crippen molar-refractivity contribution >= 4 is 15.9 Å². The van der Waals surface area contributed by atoms with Gasteiger partial charge in [-0.25, -0.2) is 0 Å². The van der Waals surface area contributed by atoms with Crippen LogP contribution >= 0.6 is 15.9 Å². The van der Waals surface area contributed by atoms with E-state index < -0.39 is 0 Å². The highest BCUT2D eigenvalue weighted by molar-refractivity contribution is 9.10. The predicted octanol–water partition coefficient (Wildman–Crippen LogP) is 4.07. The maximum atomic E-state index is 6.07. The molecular weight excluding hydrogens is 330 g/mol. The van der Waals surface area contributed by atoms with Crippen molar-refractivity contribution in [2.75, 3.05) is 13.2 Å². The lowest BCUT2D eigenvalue weighted by atomic mass is 10.0. The Labute approximate surface area is 136 Å². The van der Waals surface area contributed by atoms with Crippen LogP contribution in [0.1, 0.15) is 44.6 Å². The first-order chi connectivity index (χ1) is 10.2. The molecule has 21 heavy (non-hydrogen) atoms. The van der Waals surface area contributed by atoms with E-state index in [1.165, 1.54) is 18.4 Å². The largest absolute Gasteiger partial charge is 0.493 e. The Morgan fingerprint density at radius 3 is 3.05 bits per heavy atom. The molecule has 3 nitrogen and oxygen atoms in total. The van der Waals surface area contributed by atoms with Crippen LogP contribution in [0.25, 0.3) is 0 Å². The summed E-state index contributed by atoms with van der Waals surface area (Å²) in [5.41, 5.74) is 7.26. The average molecular weight is 356 g/mol. The van der Waals surface area contributed by atoms with E-state index in [1.54, 1.807) is 0 Å². The maximum absolute atomic E-state index is 6.07. The second kappa shape index (κ2) is 8.76. The summed E-state index contributed by atoms with van der Waals surface area (Å²) in [6.45, 7) is 3.79. The van der Waals surface area contributed by atoms with E-state index >= 15 is 0 Å². The second-order valence-corrected chi connectivity index (χ2v) is 6.67. The van der Waals surface area contributed by atoms with Crippen molar-refractivity contribution in [1.29, 1.82) is 0 Å². The summed E-state index contributed by atoms with van der Waals surface area (Å²) < 4.78 is 12.7. The van der Waals surface area contributed by atoms with Crippen LogP contribution in [0.4, 0.5) is 0 Å². The number of rotatable bonds is 8. The summed E-state index contributed by atoms with van der Waals surface area (Å²) in [4.78, 5) is 0. The fraction of sp³-hybridized carbons (Fsp3) is 0.647. The summed E-state index contributed by atoms with van der Waals surface area (Å²) in [6.07, 6.45) is 6.83. The van der Waals surface area contributed by atoms with Gasteiger partial charge in [-0.1, -0.05) is 22.9 Å². The SMILES string of the molecule is CCC(N)Cc1cc(Br)ccc1OCCCC1CCCO1. The fourth-order valence-electron chi connectivity index (χ4n) is 2.64. The summed E-state index contributed by atoms with van der Waals surface area (Å²) >= 11 is 3.52. The van der Waals surface area contributed by atoms with Crippen LogP contribution in [0.15, 0.2) is 22.7 Å². The predicted molar refractivity (Wildman–Crippen MR) is 89.8 cm³/mol. The van der Waals surface area contributed by atoms with Gasteiger partial charge in [0.15, 0.2) is 0 Å². The summed E-state index contributed by atoms with van der Waals surface area (Å²) in [5.74, 6) is 0.967. The number of ether oxygens (including phenoxy) is 2. The van der Waals surface area contributed by atoms with Crippen molar-refractivity contribution < 1.29 is 9.47 Å². The lowest BCUT2D eigenvalue weighted by Gasteiger charge is -2.15. The Bertz CT molecular complexity index is 433. The number of halogens is 1. The van der Waals surface area contributed by atoms with Crippen molar-refractivity contribution in [3.63, 3.8) is 0 Å². The zero-order valence-electron chi connectivity index (χ0n) is 12.8. The molecule has 1 aliphatic heterocycles. The molecule has 1 aromatic rings. The Balaban J connectivity index is 1.83. The smallest absolute Gasteiger partial charge is 0.122 e. The van der Waals surface area contributed by atoms with Gasteiger partial charge in [-0.2, -0.15) is 0 Å². The van der Waals surface area contributed by atoms with Gasteiger partial charge in [0.25, 0.3) is 0 Å². The number of hydrogen-bond donors (Lipinski definition) is 1. The highest BCUT2D eigenvalue weighted by Gasteiger charge is 2.15. The minimum atomic E-state index is 0.188. The van der Waals surface area contributed by atoms with E-state index in [1.807, 2.05) is 12.1 Å². The second-order valence-electron chi connectivity index (χ2n) is 5.75. The topological polar surface area (TPSA) is 44.5 Å². The minimum Gasteiger partial charge on any atom is -0.493 e. The summed E-state index contributed by atoms with van der Waals surface area (Å²) in [7, 11) is 0. The summed E-state index contributed by atoms with van der Waals surface area (Å²) in [6, 6.07) is 6.36. The van der Waals surface area contributed by atoms with Crippen molar-refractivity contribution in [2.24, 2.45) is 5.73 Å². The van der Waals surface area contributed by atoms with Gasteiger partial charge in [-0.3, -0.25) is 0 Å². The molecule has 2 N–H and O–H groups in total. The molecule has 1 saturated heterocycles. The molecule has 118 valence electrons. The molecule has 1 aromatic carbocycles. The fourth-order valence-corrected chi connectivity index (χ4v) is 3.05. The van der Waals surface area contributed by atoms with Crippen LogP contribution in [-0.2, 0) is 11.2 Å². The van der Waals surface area contributed by atoms with E-state index in [0.29, 0.717) is 6.10 Å². The highest BCUT2D eigenvalue weighted by Crippen LogP contribution is 2.25. The third kappa shape index (κ3) is 5.61. The molecule has 1 aliphatic rings. The van der Waals surface area contributed by atoms with Crippen molar-refractivity contribution in [1.82, 2.24) is 0 Å². The van der Waals surface area contributed by atoms with Crippen LogP contribution in [0.5, 0.6) is 5.75 Å². The van der Waals surface area contributed by atoms with Crippen molar-refractivity contribution in [2.45, 2.75) is 57.6 Å². The van der Waals surface area contributed by atoms with Gasteiger partial charge >= 0.3 is 0 Å². The third-order valence-electron chi connectivity index (χ3n) is 3.98. The normalized spacial score (nSPS) is 19.7. The number of nitrogens with two attached hydrogens (primary N) is 1. The molecule has 2 atom stereocenters. The molecule has 4 heteroatoms. The molecule has 0 spiro atoms. The van der Waals surface area contributed by atoms with Gasteiger partial charge in [0.2, 0.25) is 0 Å². The quantitative estimate of drug-likeness (QED) is 0.715. The lowest BCUT2D eigenvalue weighted by molar-refractivity contribution is 0.0981. The molecule has 2 rings (SSSR count). The minimum absolute atomic E-state index is 0.188. The van der Waals surface area contributed by atoms with Gasteiger partial charge in [0, 0.05) is 17.1 Å². The molecule has 0 saturated carbocycles. The van der Waals surface area contributed by atoms with E-state index in [9.17, 15) is 0 Å². The molecule has 1 fully saturated rings. The van der Waals surface area contributed by atoms with Crippen molar-refractivity contribution in [3.8, 4) is 5.75 Å². The standard InChI is InChI=1S/C17H26BrNO2/c1-2-15(19)12-13-11-14(18)7-8-17(13)21-10-4-6-16-5-3-9-20-16/h7-8,11,15-16H,2-6,9-10,12,19H2,1H3. The molecule has 0 radical (unpaired) electrons. The first-order valence-electron chi connectivity index (χ1n) is 7.97. The first kappa shape index (κ1) is 16.8. The van der Waals surface area contributed by atoms with Crippen LogP contribution < -0.4 is 10.5 Å². The lowest BCUT2D eigenvalue weighted by Crippen LogP contribution is -2.21. The number of hydrogen-bond acceptors (Lipinski definition) is 3. The van der Waals surface area contributed by atoms with E-state index in [0.717, 1.165) is 49.1 Å². The van der Waals surface area contributed by atoms with Crippen LogP contribution in [0.3, 0.4) is 0 Å². The van der Waals surface area contributed by atoms with Gasteiger partial charge in [-0.05, 0) is 62.3 Å². The zero-order valence-corrected chi connectivity index (χ0v) is 14.4. The van der Waals surface area contributed by atoms with Gasteiger partial charge in [0.1, 0.15) is 5.75 Å². The average Bonchev–Trinajstić information content (AvgIpc) is 2.98. The van der Waals surface area contributed by atoms with E-state index in [2.05, 4.69) is 28.9 Å². The van der Waals surface area contributed by atoms with Gasteiger partial charge < -0.3 is 15.2 Å². The Hall–Kier alpha value is -0.580. The number of benzene rings is 1. The van der Waals surface area contributed by atoms with Crippen LogP contribution in [0, 0.1) is 0 Å². The van der Waals surface area contributed by atoms with Gasteiger partial charge in [-0.15, -0.1) is 0 Å². The first-order valence-corrected chi connectivity index (χ1v) is 8.76. The Morgan fingerprint density at radius 2 is 2.33 bits per heavy atom. The summed E-state index contributed by atoms with van der Waals surface area (Å²) in [5, 5.41) is 0. The molecule has 0 bridgehead atoms. The maximum Gasteiger partial charge on any atom is 0.122 e. The van der Waals surface area contributed by atoms with E-state index in [-0.39, 0.29) is 6.04 Å². The monoisotopic (exact) mass is 355 g/mol. The Morgan fingerprint density at radius 1 is 1.48 bits per heavy atom. The highest BCUT2D eigenvalue weighted by atomic mass is 79.9. The van der Waals surface area contributed by atoms with Gasteiger partial charge in [0.05, 0.1) is 12.7 Å². The third-order valence-corrected chi connectivity index (χ3v) is 4.47. The van der Waals surface area contributed by atoms with Crippen molar-refractivity contribution in [3.05, 3.63) is 28.2 Å². The van der Waals surface area contributed by atoms with Crippen LogP contribution in [-0.4, -0.2) is 25.4 Å². The molecule has 0 aromatic heterocycles.